The molecule has 21 heavy (non-hydrogen) atoms. The van der Waals surface area contributed by atoms with Crippen LogP contribution in [0.2, 0.25) is 0 Å². The lowest BCUT2D eigenvalue weighted by atomic mass is 9.91. The fourth-order valence-electron chi connectivity index (χ4n) is 2.67. The highest BCUT2D eigenvalue weighted by Crippen LogP contribution is 2.26. The molecule has 0 N–H and O–H groups in total. The number of aromatic nitrogens is 1. The number of carbonyl (C=O) groups excluding carboxylic acids is 1. The zero-order chi connectivity index (χ0) is 15.1. The van der Waals surface area contributed by atoms with E-state index < -0.39 is 0 Å². The molecular formula is C16H21N3O2. The number of carbonyl (C=O) groups is 1. The minimum Gasteiger partial charge on any atom is -0.378 e. The maximum Gasteiger partial charge on any atom is 0.229 e. The molecule has 1 aliphatic heterocycles. The second-order valence-corrected chi connectivity index (χ2v) is 5.32. The predicted molar refractivity (Wildman–Crippen MR) is 79.6 cm³/mol. The first-order valence-corrected chi connectivity index (χ1v) is 7.44. The molecule has 2 rings (SSSR count). The SMILES string of the molecule is CCC1CC(CC(=O)N(CC#N)c2ccccn2)CCO1. The molecule has 0 bridgehead atoms. The summed E-state index contributed by atoms with van der Waals surface area (Å²) in [4.78, 5) is 18.1. The van der Waals surface area contributed by atoms with Crippen LogP contribution in [-0.4, -0.2) is 30.1 Å². The van der Waals surface area contributed by atoms with E-state index in [9.17, 15) is 4.79 Å². The fraction of sp³-hybridized carbons (Fsp3) is 0.562. The minimum absolute atomic E-state index is 0.0306. The maximum absolute atomic E-state index is 12.5. The topological polar surface area (TPSA) is 66.2 Å². The van der Waals surface area contributed by atoms with Gasteiger partial charge in [0.2, 0.25) is 5.91 Å². The van der Waals surface area contributed by atoms with Crippen molar-refractivity contribution in [3.05, 3.63) is 24.4 Å². The molecule has 112 valence electrons. The van der Waals surface area contributed by atoms with Crippen molar-refractivity contribution in [1.29, 1.82) is 5.26 Å². The smallest absolute Gasteiger partial charge is 0.229 e. The Morgan fingerprint density at radius 1 is 1.57 bits per heavy atom. The summed E-state index contributed by atoms with van der Waals surface area (Å²) in [6.07, 6.45) is 5.16. The average molecular weight is 287 g/mol. The highest BCUT2D eigenvalue weighted by atomic mass is 16.5. The van der Waals surface area contributed by atoms with Gasteiger partial charge in [0.05, 0.1) is 12.2 Å². The van der Waals surface area contributed by atoms with E-state index in [4.69, 9.17) is 10.00 Å². The van der Waals surface area contributed by atoms with E-state index in [-0.39, 0.29) is 18.6 Å². The van der Waals surface area contributed by atoms with E-state index in [0.29, 0.717) is 18.2 Å². The number of nitrogens with zero attached hydrogens (tertiary/aromatic N) is 3. The van der Waals surface area contributed by atoms with Crippen LogP contribution in [0, 0.1) is 17.2 Å². The molecule has 2 heterocycles. The molecule has 5 nitrogen and oxygen atoms in total. The van der Waals surface area contributed by atoms with Crippen LogP contribution < -0.4 is 4.90 Å². The lowest BCUT2D eigenvalue weighted by molar-refractivity contribution is -0.120. The van der Waals surface area contributed by atoms with Crippen LogP contribution >= 0.6 is 0 Å². The summed E-state index contributed by atoms with van der Waals surface area (Å²) >= 11 is 0. The number of hydrogen-bond donors (Lipinski definition) is 0. The van der Waals surface area contributed by atoms with Crippen molar-refractivity contribution in [2.75, 3.05) is 18.1 Å². The van der Waals surface area contributed by atoms with Gasteiger partial charge in [0.25, 0.3) is 0 Å². The number of nitriles is 1. The molecule has 2 unspecified atom stereocenters. The first-order chi connectivity index (χ1) is 10.2. The first kappa shape index (κ1) is 15.5. The molecule has 2 atom stereocenters. The Morgan fingerprint density at radius 2 is 2.43 bits per heavy atom. The number of rotatable bonds is 5. The van der Waals surface area contributed by atoms with Gasteiger partial charge < -0.3 is 4.74 Å². The van der Waals surface area contributed by atoms with E-state index in [1.165, 1.54) is 4.90 Å². The molecule has 0 saturated carbocycles. The normalized spacial score (nSPS) is 21.5. The van der Waals surface area contributed by atoms with Crippen molar-refractivity contribution in [3.8, 4) is 6.07 Å². The number of anilines is 1. The van der Waals surface area contributed by atoms with Crippen molar-refractivity contribution in [1.82, 2.24) is 4.98 Å². The van der Waals surface area contributed by atoms with Crippen LogP contribution in [0.5, 0.6) is 0 Å². The van der Waals surface area contributed by atoms with E-state index >= 15 is 0 Å². The van der Waals surface area contributed by atoms with Crippen molar-refractivity contribution in [3.63, 3.8) is 0 Å². The number of pyridine rings is 1. The lowest BCUT2D eigenvalue weighted by Gasteiger charge is -2.29. The second kappa shape index (κ2) is 7.75. The van der Waals surface area contributed by atoms with Gasteiger partial charge in [-0.1, -0.05) is 13.0 Å². The molecule has 1 aliphatic rings. The van der Waals surface area contributed by atoms with Crippen molar-refractivity contribution in [2.24, 2.45) is 5.92 Å². The third-order valence-corrected chi connectivity index (χ3v) is 3.85. The largest absolute Gasteiger partial charge is 0.378 e. The van der Waals surface area contributed by atoms with Crippen molar-refractivity contribution >= 4 is 11.7 Å². The summed E-state index contributed by atoms with van der Waals surface area (Å²) < 4.78 is 5.64. The maximum atomic E-state index is 12.5. The van der Waals surface area contributed by atoms with Crippen LogP contribution in [0.15, 0.2) is 24.4 Å². The Balaban J connectivity index is 2.01. The van der Waals surface area contributed by atoms with Crippen LogP contribution in [0.1, 0.15) is 32.6 Å². The molecule has 5 heteroatoms. The predicted octanol–water partition coefficient (Wildman–Crippen LogP) is 2.53. The Bertz CT molecular complexity index is 498. The van der Waals surface area contributed by atoms with Gasteiger partial charge in [-0.2, -0.15) is 5.26 Å². The number of ether oxygens (including phenoxy) is 1. The highest BCUT2D eigenvalue weighted by Gasteiger charge is 2.26. The Kier molecular flexibility index (Phi) is 5.70. The average Bonchev–Trinajstić information content (AvgIpc) is 2.53. The standard InChI is InChI=1S/C16H21N3O2/c1-2-14-11-13(6-10-21-14)12-16(20)19(9-7-17)15-5-3-4-8-18-15/h3-5,8,13-14H,2,6,9-12H2,1H3. The summed E-state index contributed by atoms with van der Waals surface area (Å²) in [5.41, 5.74) is 0. The summed E-state index contributed by atoms with van der Waals surface area (Å²) in [5, 5.41) is 8.94. The van der Waals surface area contributed by atoms with Gasteiger partial charge in [-0.05, 0) is 37.3 Å². The molecule has 1 fully saturated rings. The van der Waals surface area contributed by atoms with Gasteiger partial charge in [0.1, 0.15) is 12.4 Å². The van der Waals surface area contributed by atoms with Gasteiger partial charge in [0.15, 0.2) is 0 Å². The molecule has 1 amide bonds. The monoisotopic (exact) mass is 287 g/mol. The van der Waals surface area contributed by atoms with E-state index in [2.05, 4.69) is 11.9 Å². The van der Waals surface area contributed by atoms with Gasteiger partial charge in [-0.3, -0.25) is 9.69 Å². The molecule has 0 aliphatic carbocycles. The fourth-order valence-corrected chi connectivity index (χ4v) is 2.67. The number of amides is 1. The zero-order valence-electron chi connectivity index (χ0n) is 12.4. The first-order valence-electron chi connectivity index (χ1n) is 7.44. The molecular weight excluding hydrogens is 266 g/mol. The van der Waals surface area contributed by atoms with Crippen LogP contribution in [0.4, 0.5) is 5.82 Å². The van der Waals surface area contributed by atoms with E-state index in [0.717, 1.165) is 25.9 Å². The molecule has 1 saturated heterocycles. The van der Waals surface area contributed by atoms with Crippen LogP contribution in [0.25, 0.3) is 0 Å². The van der Waals surface area contributed by atoms with Gasteiger partial charge >= 0.3 is 0 Å². The van der Waals surface area contributed by atoms with Gasteiger partial charge in [-0.25, -0.2) is 4.98 Å². The van der Waals surface area contributed by atoms with E-state index in [1.54, 1.807) is 18.3 Å². The number of hydrogen-bond acceptors (Lipinski definition) is 4. The Labute approximate surface area is 125 Å². The highest BCUT2D eigenvalue weighted by molar-refractivity contribution is 5.92. The molecule has 1 aromatic heterocycles. The summed E-state index contributed by atoms with van der Waals surface area (Å²) in [7, 11) is 0. The second-order valence-electron chi connectivity index (χ2n) is 5.32. The van der Waals surface area contributed by atoms with Gasteiger partial charge in [0, 0.05) is 19.2 Å². The third kappa shape index (κ3) is 4.27. The summed E-state index contributed by atoms with van der Waals surface area (Å²) in [6.45, 7) is 2.86. The molecule has 0 radical (unpaired) electrons. The molecule has 0 spiro atoms. The van der Waals surface area contributed by atoms with Gasteiger partial charge in [-0.15, -0.1) is 0 Å². The molecule has 0 aromatic carbocycles. The summed E-state index contributed by atoms with van der Waals surface area (Å²) in [5.74, 6) is 0.848. The zero-order valence-corrected chi connectivity index (χ0v) is 12.4. The van der Waals surface area contributed by atoms with Crippen molar-refractivity contribution < 1.29 is 9.53 Å². The summed E-state index contributed by atoms with van der Waals surface area (Å²) in [6, 6.07) is 7.42. The van der Waals surface area contributed by atoms with Crippen LogP contribution in [-0.2, 0) is 9.53 Å². The minimum atomic E-state index is -0.0306. The Morgan fingerprint density at radius 3 is 3.10 bits per heavy atom. The van der Waals surface area contributed by atoms with E-state index in [1.807, 2.05) is 12.1 Å². The third-order valence-electron chi connectivity index (χ3n) is 3.85. The quantitative estimate of drug-likeness (QED) is 0.780. The Hall–Kier alpha value is -1.93. The van der Waals surface area contributed by atoms with Crippen molar-refractivity contribution in [2.45, 2.75) is 38.7 Å². The lowest BCUT2D eigenvalue weighted by Crippen LogP contribution is -2.35. The van der Waals surface area contributed by atoms with Crippen LogP contribution in [0.3, 0.4) is 0 Å². The molecule has 1 aromatic rings.